The van der Waals surface area contributed by atoms with E-state index in [2.05, 4.69) is 5.32 Å². The second-order valence-electron chi connectivity index (χ2n) is 5.21. The smallest absolute Gasteiger partial charge is 0.244 e. The van der Waals surface area contributed by atoms with Crippen LogP contribution >= 0.6 is 0 Å². The van der Waals surface area contributed by atoms with Crippen LogP contribution in [0.5, 0.6) is 5.75 Å². The van der Waals surface area contributed by atoms with Crippen molar-refractivity contribution in [2.75, 3.05) is 23.4 Å². The Morgan fingerprint density at radius 1 is 1.08 bits per heavy atom. The number of hydrogen-bond acceptors (Lipinski definition) is 3. The number of amides is 2. The Balaban J connectivity index is 2.08. The molecule has 0 unspecified atom stereocenters. The Hall–Kier alpha value is -2.96. The summed E-state index contributed by atoms with van der Waals surface area (Å²) in [4.78, 5) is 25.2. The Labute approximate surface area is 144 Å². The fourth-order valence-corrected chi connectivity index (χ4v) is 2.19. The highest BCUT2D eigenvalue weighted by Gasteiger charge is 2.16. The standard InChI is InChI=1S/C18H18F2N2O3/c1-3-25-15-7-5-14(6-8-15)22(12(2)23)11-18(24)21-13-4-9-16(19)17(20)10-13/h4-10H,3,11H2,1-2H3,(H,21,24). The van der Waals surface area contributed by atoms with E-state index in [1.807, 2.05) is 6.92 Å². The Morgan fingerprint density at radius 3 is 2.32 bits per heavy atom. The van der Waals surface area contributed by atoms with Gasteiger partial charge in [0.15, 0.2) is 11.6 Å². The third kappa shape index (κ3) is 5.00. The lowest BCUT2D eigenvalue weighted by Crippen LogP contribution is -2.36. The summed E-state index contributed by atoms with van der Waals surface area (Å²) in [5, 5.41) is 2.43. The molecule has 0 spiro atoms. The molecule has 0 fully saturated rings. The minimum absolute atomic E-state index is 0.110. The first-order chi connectivity index (χ1) is 11.9. The molecule has 25 heavy (non-hydrogen) atoms. The van der Waals surface area contributed by atoms with E-state index in [1.165, 1.54) is 17.9 Å². The SMILES string of the molecule is CCOc1ccc(N(CC(=O)Nc2ccc(F)c(F)c2)C(C)=O)cc1. The zero-order valence-electron chi connectivity index (χ0n) is 13.9. The third-order valence-corrected chi connectivity index (χ3v) is 3.34. The fraction of sp³-hybridized carbons (Fsp3) is 0.222. The lowest BCUT2D eigenvalue weighted by molar-refractivity contribution is -0.120. The van der Waals surface area contributed by atoms with Gasteiger partial charge in [0.05, 0.1) is 6.61 Å². The summed E-state index contributed by atoms with van der Waals surface area (Å²) in [6.45, 7) is 3.45. The Kier molecular flexibility index (Phi) is 6.05. The molecule has 132 valence electrons. The Bertz CT molecular complexity index is 763. The zero-order chi connectivity index (χ0) is 18.4. The van der Waals surface area contributed by atoms with E-state index in [-0.39, 0.29) is 18.1 Å². The number of hydrogen-bond donors (Lipinski definition) is 1. The molecular formula is C18H18F2N2O3. The maximum absolute atomic E-state index is 13.2. The fourth-order valence-electron chi connectivity index (χ4n) is 2.19. The second-order valence-corrected chi connectivity index (χ2v) is 5.21. The quantitative estimate of drug-likeness (QED) is 0.871. The second kappa shape index (κ2) is 8.23. The van der Waals surface area contributed by atoms with Crippen molar-refractivity contribution in [3.05, 3.63) is 54.1 Å². The van der Waals surface area contributed by atoms with Crippen molar-refractivity contribution >= 4 is 23.2 Å². The summed E-state index contributed by atoms with van der Waals surface area (Å²) in [6, 6.07) is 9.76. The maximum Gasteiger partial charge on any atom is 0.244 e. The molecule has 0 atom stereocenters. The van der Waals surface area contributed by atoms with Gasteiger partial charge < -0.3 is 15.0 Å². The van der Waals surface area contributed by atoms with E-state index in [9.17, 15) is 18.4 Å². The first-order valence-electron chi connectivity index (χ1n) is 7.66. The average Bonchev–Trinajstić information content (AvgIpc) is 2.57. The van der Waals surface area contributed by atoms with Crippen molar-refractivity contribution in [1.29, 1.82) is 0 Å². The normalized spacial score (nSPS) is 10.2. The first kappa shape index (κ1) is 18.4. The monoisotopic (exact) mass is 348 g/mol. The van der Waals surface area contributed by atoms with Gasteiger partial charge in [0, 0.05) is 24.4 Å². The van der Waals surface area contributed by atoms with Gasteiger partial charge in [0.1, 0.15) is 12.3 Å². The molecule has 0 bridgehead atoms. The van der Waals surface area contributed by atoms with Gasteiger partial charge in [-0.1, -0.05) is 0 Å². The molecule has 0 aromatic heterocycles. The number of rotatable bonds is 6. The van der Waals surface area contributed by atoms with Gasteiger partial charge in [0.25, 0.3) is 0 Å². The number of carbonyl (C=O) groups is 2. The summed E-state index contributed by atoms with van der Waals surface area (Å²) in [5.74, 6) is -2.27. The van der Waals surface area contributed by atoms with Crippen molar-refractivity contribution in [2.45, 2.75) is 13.8 Å². The number of halogens is 2. The zero-order valence-corrected chi connectivity index (χ0v) is 13.9. The van der Waals surface area contributed by atoms with Gasteiger partial charge in [-0.3, -0.25) is 9.59 Å². The number of carbonyl (C=O) groups excluding carboxylic acids is 2. The van der Waals surface area contributed by atoms with Crippen LogP contribution in [0.2, 0.25) is 0 Å². The van der Waals surface area contributed by atoms with Gasteiger partial charge in [0.2, 0.25) is 11.8 Å². The van der Waals surface area contributed by atoms with Crippen LogP contribution in [0.4, 0.5) is 20.2 Å². The van der Waals surface area contributed by atoms with Crippen molar-refractivity contribution in [1.82, 2.24) is 0 Å². The lowest BCUT2D eigenvalue weighted by Gasteiger charge is -2.21. The number of ether oxygens (including phenoxy) is 1. The molecular weight excluding hydrogens is 330 g/mol. The van der Waals surface area contributed by atoms with E-state index in [1.54, 1.807) is 24.3 Å². The van der Waals surface area contributed by atoms with Crippen molar-refractivity contribution in [3.63, 3.8) is 0 Å². The molecule has 0 aliphatic heterocycles. The third-order valence-electron chi connectivity index (χ3n) is 3.34. The van der Waals surface area contributed by atoms with Crippen LogP contribution in [0.25, 0.3) is 0 Å². The molecule has 0 heterocycles. The molecule has 0 saturated heterocycles. The maximum atomic E-state index is 13.2. The summed E-state index contributed by atoms with van der Waals surface area (Å²) in [7, 11) is 0. The van der Waals surface area contributed by atoms with Gasteiger partial charge in [-0.15, -0.1) is 0 Å². The van der Waals surface area contributed by atoms with Crippen LogP contribution in [0, 0.1) is 11.6 Å². The average molecular weight is 348 g/mol. The molecule has 2 aromatic rings. The minimum atomic E-state index is -1.06. The van der Waals surface area contributed by atoms with Crippen molar-refractivity contribution < 1.29 is 23.1 Å². The van der Waals surface area contributed by atoms with Crippen molar-refractivity contribution in [3.8, 4) is 5.75 Å². The van der Waals surface area contributed by atoms with Gasteiger partial charge in [-0.2, -0.15) is 0 Å². The van der Waals surface area contributed by atoms with Crippen LogP contribution in [-0.4, -0.2) is 25.0 Å². The van der Waals surface area contributed by atoms with E-state index in [0.29, 0.717) is 18.0 Å². The number of benzene rings is 2. The van der Waals surface area contributed by atoms with E-state index in [0.717, 1.165) is 12.1 Å². The van der Waals surface area contributed by atoms with Crippen LogP contribution in [0.3, 0.4) is 0 Å². The molecule has 2 rings (SSSR count). The van der Waals surface area contributed by atoms with Crippen molar-refractivity contribution in [2.24, 2.45) is 0 Å². The molecule has 0 saturated carbocycles. The number of nitrogens with zero attached hydrogens (tertiary/aromatic N) is 1. The molecule has 0 aliphatic rings. The van der Waals surface area contributed by atoms with Gasteiger partial charge >= 0.3 is 0 Å². The predicted molar refractivity (Wildman–Crippen MR) is 90.6 cm³/mol. The Morgan fingerprint density at radius 2 is 1.76 bits per heavy atom. The van der Waals surface area contributed by atoms with Gasteiger partial charge in [-0.25, -0.2) is 8.78 Å². The molecule has 2 amide bonds. The summed E-state index contributed by atoms with van der Waals surface area (Å²) >= 11 is 0. The van der Waals surface area contributed by atoms with E-state index >= 15 is 0 Å². The lowest BCUT2D eigenvalue weighted by atomic mass is 10.2. The van der Waals surface area contributed by atoms with Gasteiger partial charge in [-0.05, 0) is 43.3 Å². The highest BCUT2D eigenvalue weighted by atomic mass is 19.2. The van der Waals surface area contributed by atoms with Crippen LogP contribution in [0.15, 0.2) is 42.5 Å². The highest BCUT2D eigenvalue weighted by Crippen LogP contribution is 2.20. The predicted octanol–water partition coefficient (Wildman–Crippen LogP) is 3.36. The summed E-state index contributed by atoms with van der Waals surface area (Å²) < 4.78 is 31.4. The van der Waals surface area contributed by atoms with E-state index < -0.39 is 17.5 Å². The first-order valence-corrected chi connectivity index (χ1v) is 7.66. The number of anilines is 2. The molecule has 2 aromatic carbocycles. The van der Waals surface area contributed by atoms with Crippen LogP contribution in [0.1, 0.15) is 13.8 Å². The largest absolute Gasteiger partial charge is 0.494 e. The number of nitrogens with one attached hydrogen (secondary N) is 1. The molecule has 5 nitrogen and oxygen atoms in total. The molecule has 7 heteroatoms. The summed E-state index contributed by atoms with van der Waals surface area (Å²) in [6.07, 6.45) is 0. The van der Waals surface area contributed by atoms with Crippen LogP contribution < -0.4 is 15.0 Å². The molecule has 0 aliphatic carbocycles. The van der Waals surface area contributed by atoms with E-state index in [4.69, 9.17) is 4.74 Å². The molecule has 0 radical (unpaired) electrons. The van der Waals surface area contributed by atoms with Crippen LogP contribution in [-0.2, 0) is 9.59 Å². The minimum Gasteiger partial charge on any atom is -0.494 e. The molecule has 1 N–H and O–H groups in total. The summed E-state index contributed by atoms with van der Waals surface area (Å²) in [5.41, 5.74) is 0.635. The highest BCUT2D eigenvalue weighted by molar-refractivity contribution is 6.01. The topological polar surface area (TPSA) is 58.6 Å².